The van der Waals surface area contributed by atoms with Crippen molar-refractivity contribution in [2.24, 2.45) is 0 Å². The Balaban J connectivity index is 2.59. The van der Waals surface area contributed by atoms with E-state index in [1.807, 2.05) is 0 Å². The third kappa shape index (κ3) is 5.15. The van der Waals surface area contributed by atoms with Gasteiger partial charge in [-0.15, -0.1) is 0 Å². The van der Waals surface area contributed by atoms with Crippen LogP contribution >= 0.6 is 11.6 Å². The van der Waals surface area contributed by atoms with Gasteiger partial charge in [-0.1, -0.05) is 11.6 Å². The summed E-state index contributed by atoms with van der Waals surface area (Å²) in [5.74, 6) is -1.37. The van der Waals surface area contributed by atoms with Crippen molar-refractivity contribution in [1.29, 1.82) is 0 Å². The largest absolute Gasteiger partial charge is 0.478 e. The zero-order valence-electron chi connectivity index (χ0n) is 10.7. The van der Waals surface area contributed by atoms with Crippen LogP contribution in [0.2, 0.25) is 5.02 Å². The van der Waals surface area contributed by atoms with E-state index >= 15 is 0 Å². The van der Waals surface area contributed by atoms with E-state index < -0.39 is 12.0 Å². The molecule has 1 aromatic carbocycles. The molecular formula is C12H14ClN3O4. The summed E-state index contributed by atoms with van der Waals surface area (Å²) in [6.45, 7) is 1.86. The van der Waals surface area contributed by atoms with Gasteiger partial charge in [0, 0.05) is 25.0 Å². The highest BCUT2D eigenvalue weighted by Gasteiger charge is 2.12. The van der Waals surface area contributed by atoms with Crippen LogP contribution in [0.5, 0.6) is 0 Å². The smallest absolute Gasteiger partial charge is 0.337 e. The molecule has 0 atom stereocenters. The Morgan fingerprint density at radius 3 is 2.45 bits per heavy atom. The number of carboxylic acid groups (broad SMARTS) is 1. The molecule has 1 aromatic rings. The molecule has 0 saturated heterocycles. The molecule has 0 aliphatic heterocycles. The van der Waals surface area contributed by atoms with E-state index in [1.165, 1.54) is 25.1 Å². The number of hydrogen-bond donors (Lipinski definition) is 4. The fourth-order valence-electron chi connectivity index (χ4n) is 1.39. The van der Waals surface area contributed by atoms with E-state index in [0.717, 1.165) is 0 Å². The molecule has 0 radical (unpaired) electrons. The van der Waals surface area contributed by atoms with Gasteiger partial charge in [-0.2, -0.15) is 0 Å². The van der Waals surface area contributed by atoms with Crippen LogP contribution in [0.4, 0.5) is 10.5 Å². The number of rotatable bonds is 5. The van der Waals surface area contributed by atoms with Crippen molar-refractivity contribution in [2.75, 3.05) is 18.4 Å². The molecule has 0 fully saturated rings. The van der Waals surface area contributed by atoms with Gasteiger partial charge in [0.05, 0.1) is 11.3 Å². The second-order valence-corrected chi connectivity index (χ2v) is 4.30. The van der Waals surface area contributed by atoms with E-state index in [1.54, 1.807) is 0 Å². The van der Waals surface area contributed by atoms with Gasteiger partial charge < -0.3 is 21.1 Å². The Morgan fingerprint density at radius 2 is 1.85 bits per heavy atom. The third-order valence-electron chi connectivity index (χ3n) is 2.24. The second kappa shape index (κ2) is 7.34. The second-order valence-electron chi connectivity index (χ2n) is 3.86. The van der Waals surface area contributed by atoms with Gasteiger partial charge in [-0.05, 0) is 18.2 Å². The normalized spacial score (nSPS) is 9.70. The number of benzene rings is 1. The minimum absolute atomic E-state index is 0.0635. The molecule has 0 bridgehead atoms. The average Bonchev–Trinajstić information content (AvgIpc) is 2.34. The number of nitrogens with one attached hydrogen (secondary N) is 3. The van der Waals surface area contributed by atoms with Gasteiger partial charge in [0.2, 0.25) is 5.91 Å². The molecule has 0 saturated carbocycles. The van der Waals surface area contributed by atoms with E-state index in [4.69, 9.17) is 16.7 Å². The number of amides is 3. The molecule has 0 aliphatic rings. The van der Waals surface area contributed by atoms with Crippen LogP contribution in [-0.4, -0.2) is 36.1 Å². The average molecular weight is 300 g/mol. The van der Waals surface area contributed by atoms with Gasteiger partial charge in [-0.3, -0.25) is 4.79 Å². The number of carboxylic acids is 1. The predicted molar refractivity (Wildman–Crippen MR) is 74.1 cm³/mol. The SMILES string of the molecule is CC(=O)NCCNC(=O)Nc1cc(Cl)ccc1C(=O)O. The van der Waals surface area contributed by atoms with Crippen LogP contribution < -0.4 is 16.0 Å². The zero-order valence-corrected chi connectivity index (χ0v) is 11.5. The van der Waals surface area contributed by atoms with E-state index in [2.05, 4.69) is 16.0 Å². The lowest BCUT2D eigenvalue weighted by molar-refractivity contribution is -0.118. The maximum atomic E-state index is 11.6. The molecule has 0 heterocycles. The molecule has 20 heavy (non-hydrogen) atoms. The summed E-state index contributed by atoms with van der Waals surface area (Å²) in [6, 6.07) is 3.49. The van der Waals surface area contributed by atoms with Crippen LogP contribution in [0.15, 0.2) is 18.2 Å². The standard InChI is InChI=1S/C12H14ClN3O4/c1-7(17)14-4-5-15-12(20)16-10-6-8(13)2-3-9(10)11(18)19/h2-3,6H,4-5H2,1H3,(H,14,17)(H,18,19)(H2,15,16,20). The van der Waals surface area contributed by atoms with Crippen molar-refractivity contribution in [3.63, 3.8) is 0 Å². The van der Waals surface area contributed by atoms with E-state index in [9.17, 15) is 14.4 Å². The number of carbonyl (C=O) groups excluding carboxylic acids is 2. The van der Waals surface area contributed by atoms with Crippen LogP contribution in [0.1, 0.15) is 17.3 Å². The van der Waals surface area contributed by atoms with Gasteiger partial charge >= 0.3 is 12.0 Å². The predicted octanol–water partition coefficient (Wildman–Crippen LogP) is 1.30. The molecule has 1 rings (SSSR count). The number of aromatic carboxylic acids is 1. The maximum absolute atomic E-state index is 11.6. The first-order valence-corrected chi connectivity index (χ1v) is 6.10. The Kier molecular flexibility index (Phi) is 5.79. The van der Waals surface area contributed by atoms with E-state index in [0.29, 0.717) is 5.02 Å². The van der Waals surface area contributed by atoms with Crippen molar-refractivity contribution >= 4 is 35.2 Å². The summed E-state index contributed by atoms with van der Waals surface area (Å²) < 4.78 is 0. The minimum Gasteiger partial charge on any atom is -0.478 e. The zero-order chi connectivity index (χ0) is 15.1. The summed E-state index contributed by atoms with van der Waals surface area (Å²) in [4.78, 5) is 33.2. The van der Waals surface area contributed by atoms with Crippen molar-refractivity contribution < 1.29 is 19.5 Å². The Bertz CT molecular complexity index is 533. The Labute approximate surface area is 120 Å². The first-order valence-electron chi connectivity index (χ1n) is 5.72. The van der Waals surface area contributed by atoms with Crippen molar-refractivity contribution in [1.82, 2.24) is 10.6 Å². The summed E-state index contributed by atoms with van der Waals surface area (Å²) in [5, 5.41) is 16.7. The molecular weight excluding hydrogens is 286 g/mol. The van der Waals surface area contributed by atoms with Crippen LogP contribution in [0, 0.1) is 0 Å². The number of hydrogen-bond acceptors (Lipinski definition) is 3. The fraction of sp³-hybridized carbons (Fsp3) is 0.250. The topological polar surface area (TPSA) is 108 Å². The first kappa shape index (κ1) is 15.8. The number of urea groups is 1. The van der Waals surface area contributed by atoms with Crippen molar-refractivity contribution in [3.8, 4) is 0 Å². The Hall–Kier alpha value is -2.28. The molecule has 3 amide bonds. The number of carbonyl (C=O) groups is 3. The van der Waals surface area contributed by atoms with E-state index in [-0.39, 0.29) is 30.2 Å². The summed E-state index contributed by atoms with van der Waals surface area (Å²) in [5.41, 5.74) is 0.0356. The van der Waals surface area contributed by atoms with Crippen molar-refractivity contribution in [3.05, 3.63) is 28.8 Å². The maximum Gasteiger partial charge on any atom is 0.337 e. The summed E-state index contributed by atoms with van der Waals surface area (Å²) >= 11 is 5.75. The van der Waals surface area contributed by atoms with Crippen LogP contribution in [0.25, 0.3) is 0 Å². The highest BCUT2D eigenvalue weighted by Crippen LogP contribution is 2.20. The molecule has 8 heteroatoms. The minimum atomic E-state index is -1.17. The molecule has 108 valence electrons. The quantitative estimate of drug-likeness (QED) is 0.615. The Morgan fingerprint density at radius 1 is 1.20 bits per heavy atom. The van der Waals surface area contributed by atoms with Gasteiger partial charge in [0.1, 0.15) is 0 Å². The summed E-state index contributed by atoms with van der Waals surface area (Å²) in [6.07, 6.45) is 0. The lowest BCUT2D eigenvalue weighted by atomic mass is 10.2. The van der Waals surface area contributed by atoms with Gasteiger partial charge in [-0.25, -0.2) is 9.59 Å². The highest BCUT2D eigenvalue weighted by molar-refractivity contribution is 6.31. The van der Waals surface area contributed by atoms with Gasteiger partial charge in [0.25, 0.3) is 0 Å². The van der Waals surface area contributed by atoms with Crippen molar-refractivity contribution in [2.45, 2.75) is 6.92 Å². The number of anilines is 1. The molecule has 4 N–H and O–H groups in total. The fourth-order valence-corrected chi connectivity index (χ4v) is 1.56. The van der Waals surface area contributed by atoms with Crippen LogP contribution in [0.3, 0.4) is 0 Å². The lowest BCUT2D eigenvalue weighted by Crippen LogP contribution is -2.36. The molecule has 7 nitrogen and oxygen atoms in total. The molecule has 0 aromatic heterocycles. The molecule has 0 spiro atoms. The lowest BCUT2D eigenvalue weighted by Gasteiger charge is -2.10. The highest BCUT2D eigenvalue weighted by atomic mass is 35.5. The van der Waals surface area contributed by atoms with Crippen LogP contribution in [-0.2, 0) is 4.79 Å². The first-order chi connectivity index (χ1) is 9.40. The van der Waals surface area contributed by atoms with Gasteiger partial charge in [0.15, 0.2) is 0 Å². The third-order valence-corrected chi connectivity index (χ3v) is 2.48. The summed E-state index contributed by atoms with van der Waals surface area (Å²) in [7, 11) is 0. The number of halogens is 1. The molecule has 0 unspecified atom stereocenters. The monoisotopic (exact) mass is 299 g/mol. The molecule has 0 aliphatic carbocycles.